The average molecular weight is 196 g/mol. The van der Waals surface area contributed by atoms with Gasteiger partial charge in [-0.2, -0.15) is 0 Å². The van der Waals surface area contributed by atoms with Crippen molar-refractivity contribution in [2.45, 2.75) is 20.8 Å². The van der Waals surface area contributed by atoms with Crippen molar-refractivity contribution in [2.24, 2.45) is 0 Å². The largest absolute Gasteiger partial charge is 0.490 e. The first-order valence-corrected chi connectivity index (χ1v) is 4.50. The number of halogens is 1. The Hall–Kier alpha value is -1.38. The van der Waals surface area contributed by atoms with E-state index in [1.807, 2.05) is 0 Å². The van der Waals surface area contributed by atoms with Crippen LogP contribution >= 0.6 is 0 Å². The second-order valence-corrected chi connectivity index (χ2v) is 3.06. The number of benzene rings is 1. The molecule has 2 nitrogen and oxygen atoms in total. The predicted molar refractivity (Wildman–Crippen MR) is 52.3 cm³/mol. The van der Waals surface area contributed by atoms with Crippen molar-refractivity contribution in [1.82, 2.24) is 0 Å². The highest BCUT2D eigenvalue weighted by molar-refractivity contribution is 5.98. The minimum Gasteiger partial charge on any atom is -0.490 e. The minimum atomic E-state index is -0.484. The van der Waals surface area contributed by atoms with E-state index in [1.165, 1.54) is 13.0 Å². The second kappa shape index (κ2) is 4.22. The van der Waals surface area contributed by atoms with E-state index >= 15 is 0 Å². The van der Waals surface area contributed by atoms with E-state index in [-0.39, 0.29) is 11.5 Å². The van der Waals surface area contributed by atoms with Crippen molar-refractivity contribution in [2.75, 3.05) is 6.61 Å². The van der Waals surface area contributed by atoms with Crippen LogP contribution in [-0.2, 0) is 0 Å². The molecule has 3 heteroatoms. The normalized spacial score (nSPS) is 10.0. The zero-order valence-electron chi connectivity index (χ0n) is 8.56. The number of ketones is 1. The maximum absolute atomic E-state index is 13.3. The van der Waals surface area contributed by atoms with Crippen molar-refractivity contribution in [1.29, 1.82) is 0 Å². The molecule has 0 saturated heterocycles. The number of Topliss-reactive ketones (excluding diaryl/α,β-unsaturated/α-hetero) is 1. The van der Waals surface area contributed by atoms with Gasteiger partial charge in [0.2, 0.25) is 0 Å². The van der Waals surface area contributed by atoms with Gasteiger partial charge in [-0.15, -0.1) is 0 Å². The van der Waals surface area contributed by atoms with Crippen LogP contribution in [0.2, 0.25) is 0 Å². The number of hydrogen-bond donors (Lipinski definition) is 0. The van der Waals surface area contributed by atoms with Gasteiger partial charge in [0.25, 0.3) is 0 Å². The van der Waals surface area contributed by atoms with Gasteiger partial charge in [-0.25, -0.2) is 4.39 Å². The van der Waals surface area contributed by atoms with Crippen LogP contribution in [0.4, 0.5) is 4.39 Å². The van der Waals surface area contributed by atoms with Crippen LogP contribution in [0.25, 0.3) is 0 Å². The van der Waals surface area contributed by atoms with Gasteiger partial charge in [0, 0.05) is 0 Å². The smallest absolute Gasteiger partial charge is 0.165 e. The first-order valence-electron chi connectivity index (χ1n) is 4.50. The van der Waals surface area contributed by atoms with E-state index in [9.17, 15) is 9.18 Å². The molecule has 0 amide bonds. The van der Waals surface area contributed by atoms with Gasteiger partial charge < -0.3 is 4.74 Å². The Kier molecular flexibility index (Phi) is 3.23. The van der Waals surface area contributed by atoms with E-state index in [1.54, 1.807) is 19.9 Å². The average Bonchev–Trinajstić information content (AvgIpc) is 2.11. The molecule has 14 heavy (non-hydrogen) atoms. The molecule has 0 aliphatic heterocycles. The highest BCUT2D eigenvalue weighted by Gasteiger charge is 2.15. The molecule has 0 aliphatic carbocycles. The van der Waals surface area contributed by atoms with Gasteiger partial charge >= 0.3 is 0 Å². The van der Waals surface area contributed by atoms with Crippen molar-refractivity contribution >= 4 is 5.78 Å². The molecule has 0 heterocycles. The third kappa shape index (κ3) is 1.92. The summed E-state index contributed by atoms with van der Waals surface area (Å²) in [6, 6.07) is 2.89. The first kappa shape index (κ1) is 10.7. The molecule has 0 unspecified atom stereocenters. The van der Waals surface area contributed by atoms with Crippen LogP contribution in [0.5, 0.6) is 5.75 Å². The summed E-state index contributed by atoms with van der Waals surface area (Å²) in [6.07, 6.45) is 0. The molecule has 76 valence electrons. The lowest BCUT2D eigenvalue weighted by atomic mass is 10.0. The van der Waals surface area contributed by atoms with Gasteiger partial charge in [0.05, 0.1) is 12.2 Å². The number of hydrogen-bond acceptors (Lipinski definition) is 2. The molecule has 0 atom stereocenters. The molecule has 1 rings (SSSR count). The number of aryl methyl sites for hydroxylation is 1. The summed E-state index contributed by atoms with van der Waals surface area (Å²) in [7, 11) is 0. The molecule has 1 aromatic carbocycles. The highest BCUT2D eigenvalue weighted by atomic mass is 19.1. The van der Waals surface area contributed by atoms with Crippen molar-refractivity contribution in [3.63, 3.8) is 0 Å². The van der Waals surface area contributed by atoms with Crippen LogP contribution in [-0.4, -0.2) is 12.4 Å². The molecule has 0 saturated carbocycles. The summed E-state index contributed by atoms with van der Waals surface area (Å²) in [4.78, 5) is 11.3. The Morgan fingerprint density at radius 2 is 2.14 bits per heavy atom. The summed E-state index contributed by atoms with van der Waals surface area (Å²) in [5.74, 6) is -0.590. The molecule has 0 aromatic heterocycles. The van der Waals surface area contributed by atoms with Crippen molar-refractivity contribution < 1.29 is 13.9 Å². The molecule has 0 bridgehead atoms. The quantitative estimate of drug-likeness (QED) is 0.695. The monoisotopic (exact) mass is 196 g/mol. The van der Waals surface area contributed by atoms with E-state index in [2.05, 4.69) is 0 Å². The van der Waals surface area contributed by atoms with Crippen molar-refractivity contribution in [3.8, 4) is 5.75 Å². The van der Waals surface area contributed by atoms with E-state index < -0.39 is 5.82 Å². The lowest BCUT2D eigenvalue weighted by molar-refractivity contribution is 0.101. The second-order valence-electron chi connectivity index (χ2n) is 3.06. The van der Waals surface area contributed by atoms with Gasteiger partial charge in [0.1, 0.15) is 0 Å². The van der Waals surface area contributed by atoms with Gasteiger partial charge in [-0.3, -0.25) is 4.79 Å². The van der Waals surface area contributed by atoms with E-state index in [0.29, 0.717) is 12.2 Å². The van der Waals surface area contributed by atoms with E-state index in [4.69, 9.17) is 4.74 Å². The SMILES string of the molecule is CCOc1c(F)ccc(C)c1C(C)=O. The zero-order chi connectivity index (χ0) is 10.7. The van der Waals surface area contributed by atoms with Gasteiger partial charge in [-0.1, -0.05) is 6.07 Å². The molecular weight excluding hydrogens is 183 g/mol. The first-order chi connectivity index (χ1) is 6.57. The lowest BCUT2D eigenvalue weighted by Gasteiger charge is -2.11. The van der Waals surface area contributed by atoms with Crippen LogP contribution in [0, 0.1) is 12.7 Å². The number of rotatable bonds is 3. The third-order valence-corrected chi connectivity index (χ3v) is 1.96. The fourth-order valence-electron chi connectivity index (χ4n) is 1.38. The number of ether oxygens (including phenoxy) is 1. The summed E-state index contributed by atoms with van der Waals surface area (Å²) >= 11 is 0. The third-order valence-electron chi connectivity index (χ3n) is 1.96. The van der Waals surface area contributed by atoms with Gasteiger partial charge in [0.15, 0.2) is 17.3 Å². The standard InChI is InChI=1S/C11H13FO2/c1-4-14-11-9(12)6-5-7(2)10(11)8(3)13/h5-6H,4H2,1-3H3. The topological polar surface area (TPSA) is 26.3 Å². The van der Waals surface area contributed by atoms with Crippen LogP contribution in [0.1, 0.15) is 29.8 Å². The molecule has 0 fully saturated rings. The zero-order valence-corrected chi connectivity index (χ0v) is 8.56. The minimum absolute atomic E-state index is 0.0694. The summed E-state index contributed by atoms with van der Waals surface area (Å²) in [5, 5.41) is 0. The fourth-order valence-corrected chi connectivity index (χ4v) is 1.38. The van der Waals surface area contributed by atoms with Crippen LogP contribution in [0.15, 0.2) is 12.1 Å². The Labute approximate surface area is 82.7 Å². The number of carbonyl (C=O) groups is 1. The van der Waals surface area contributed by atoms with E-state index in [0.717, 1.165) is 5.56 Å². The summed E-state index contributed by atoms with van der Waals surface area (Å²) < 4.78 is 18.4. The Balaban J connectivity index is 3.33. The Bertz CT molecular complexity index is 359. The Morgan fingerprint density at radius 1 is 1.50 bits per heavy atom. The molecular formula is C11H13FO2. The van der Waals surface area contributed by atoms with Crippen molar-refractivity contribution in [3.05, 3.63) is 29.1 Å². The van der Waals surface area contributed by atoms with Crippen LogP contribution in [0.3, 0.4) is 0 Å². The molecule has 0 aliphatic rings. The molecule has 0 radical (unpaired) electrons. The highest BCUT2D eigenvalue weighted by Crippen LogP contribution is 2.26. The van der Waals surface area contributed by atoms with Gasteiger partial charge in [-0.05, 0) is 32.4 Å². The maximum Gasteiger partial charge on any atom is 0.165 e. The summed E-state index contributed by atoms with van der Waals surface area (Å²) in [5.41, 5.74) is 1.08. The fraction of sp³-hybridized carbons (Fsp3) is 0.364. The number of carbonyl (C=O) groups excluding carboxylic acids is 1. The Morgan fingerprint density at radius 3 is 2.64 bits per heavy atom. The molecule has 0 N–H and O–H groups in total. The lowest BCUT2D eigenvalue weighted by Crippen LogP contribution is -2.05. The predicted octanol–water partition coefficient (Wildman–Crippen LogP) is 2.74. The maximum atomic E-state index is 13.3. The molecule has 1 aromatic rings. The van der Waals surface area contributed by atoms with Crippen LogP contribution < -0.4 is 4.74 Å². The summed E-state index contributed by atoms with van der Waals surface area (Å²) in [6.45, 7) is 5.27. The molecule has 0 spiro atoms.